The number of hydrogen-bond acceptors (Lipinski definition) is 6. The minimum Gasteiger partial charge on any atom is -0.494 e. The molecule has 1 N–H and O–H groups in total. The Morgan fingerprint density at radius 3 is 2.64 bits per heavy atom. The Hall–Kier alpha value is -1.51. The maximum Gasteiger partial charge on any atom is 0.240 e. The van der Waals surface area contributed by atoms with Gasteiger partial charge in [0.05, 0.1) is 11.5 Å². The molecule has 0 radical (unpaired) electrons. The first-order valence-electron chi connectivity index (χ1n) is 6.94. The van der Waals surface area contributed by atoms with E-state index in [2.05, 4.69) is 14.9 Å². The number of nitrogens with one attached hydrogen (secondary N) is 1. The molecule has 120 valence electrons. The van der Waals surface area contributed by atoms with Gasteiger partial charge in [0.1, 0.15) is 15.8 Å². The predicted octanol–water partition coefficient (Wildman–Crippen LogP) is 2.07. The van der Waals surface area contributed by atoms with E-state index in [9.17, 15) is 8.42 Å². The third kappa shape index (κ3) is 4.25. The smallest absolute Gasteiger partial charge is 0.240 e. The third-order valence-electron chi connectivity index (χ3n) is 2.96. The van der Waals surface area contributed by atoms with E-state index in [-0.39, 0.29) is 4.90 Å². The van der Waals surface area contributed by atoms with Crippen LogP contribution in [0.3, 0.4) is 0 Å². The van der Waals surface area contributed by atoms with Crippen LogP contribution in [0, 0.1) is 13.8 Å². The lowest BCUT2D eigenvalue weighted by atomic mass is 10.2. The molecule has 0 unspecified atom stereocenters. The summed E-state index contributed by atoms with van der Waals surface area (Å²) < 4.78 is 32.5. The van der Waals surface area contributed by atoms with Gasteiger partial charge in [-0.2, -0.15) is 0 Å². The molecule has 2 aromatic rings. The van der Waals surface area contributed by atoms with Crippen LogP contribution in [0.5, 0.6) is 5.75 Å². The van der Waals surface area contributed by atoms with Gasteiger partial charge in [0.25, 0.3) is 0 Å². The molecule has 0 aliphatic heterocycles. The zero-order valence-electron chi connectivity index (χ0n) is 12.8. The summed E-state index contributed by atoms with van der Waals surface area (Å²) in [6.45, 7) is 6.43. The molecule has 8 heteroatoms. The number of aryl methyl sites for hydroxylation is 2. The normalized spacial score (nSPS) is 11.6. The van der Waals surface area contributed by atoms with Gasteiger partial charge in [-0.1, -0.05) is 0 Å². The van der Waals surface area contributed by atoms with Gasteiger partial charge >= 0.3 is 0 Å². The third-order valence-corrected chi connectivity index (χ3v) is 5.31. The molecule has 0 saturated carbocycles. The Morgan fingerprint density at radius 1 is 1.27 bits per heavy atom. The Balaban J connectivity index is 2.02. The fourth-order valence-electron chi connectivity index (χ4n) is 1.92. The van der Waals surface area contributed by atoms with Crippen molar-refractivity contribution in [1.29, 1.82) is 0 Å². The Bertz CT molecular complexity index is 742. The summed E-state index contributed by atoms with van der Waals surface area (Å²) in [5.41, 5.74) is 0.796. The monoisotopic (exact) mass is 341 g/mol. The lowest BCUT2D eigenvalue weighted by molar-refractivity contribution is 0.337. The van der Waals surface area contributed by atoms with Crippen LogP contribution in [0.25, 0.3) is 0 Å². The topological polar surface area (TPSA) is 81.2 Å². The molecular weight excluding hydrogens is 322 g/mol. The first-order chi connectivity index (χ1) is 10.4. The number of ether oxygens (including phenoxy) is 1. The minimum absolute atomic E-state index is 0.238. The van der Waals surface area contributed by atoms with Crippen molar-refractivity contribution in [3.8, 4) is 5.75 Å². The lowest BCUT2D eigenvalue weighted by Gasteiger charge is -2.10. The van der Waals surface area contributed by atoms with Gasteiger partial charge in [0.15, 0.2) is 0 Å². The Kier molecular flexibility index (Phi) is 5.49. The lowest BCUT2D eigenvalue weighted by Crippen LogP contribution is -2.26. The molecule has 0 saturated heterocycles. The molecule has 0 fully saturated rings. The van der Waals surface area contributed by atoms with E-state index < -0.39 is 10.0 Å². The molecule has 0 aliphatic rings. The van der Waals surface area contributed by atoms with E-state index in [1.807, 2.05) is 20.8 Å². The zero-order valence-corrected chi connectivity index (χ0v) is 14.4. The number of aromatic nitrogens is 2. The van der Waals surface area contributed by atoms with Crippen molar-refractivity contribution in [2.75, 3.05) is 13.2 Å². The number of benzene rings is 1. The molecule has 0 bridgehead atoms. The van der Waals surface area contributed by atoms with Gasteiger partial charge in [0, 0.05) is 13.0 Å². The average molecular weight is 341 g/mol. The van der Waals surface area contributed by atoms with E-state index in [0.717, 1.165) is 15.6 Å². The summed E-state index contributed by atoms with van der Waals surface area (Å²) in [7, 11) is -3.53. The maximum atomic E-state index is 12.3. The SMILES string of the molecule is CCOc1ccc(S(=O)(=O)NCCc2nnc(C)s2)cc1C. The molecule has 6 nitrogen and oxygen atoms in total. The molecule has 0 atom stereocenters. The first-order valence-corrected chi connectivity index (χ1v) is 9.24. The van der Waals surface area contributed by atoms with Crippen LogP contribution in [0.15, 0.2) is 23.1 Å². The molecular formula is C14H19N3O3S2. The first kappa shape index (κ1) is 16.9. The second-order valence-corrected chi connectivity index (χ2v) is 7.76. The van der Waals surface area contributed by atoms with Crippen molar-refractivity contribution >= 4 is 21.4 Å². The number of sulfonamides is 1. The van der Waals surface area contributed by atoms with Crippen LogP contribution in [0.1, 0.15) is 22.5 Å². The quantitative estimate of drug-likeness (QED) is 0.834. The molecule has 1 aromatic heterocycles. The number of hydrogen-bond donors (Lipinski definition) is 1. The summed E-state index contributed by atoms with van der Waals surface area (Å²) in [5, 5.41) is 9.57. The maximum absolute atomic E-state index is 12.3. The molecule has 1 heterocycles. The minimum atomic E-state index is -3.53. The van der Waals surface area contributed by atoms with Crippen LogP contribution in [0.2, 0.25) is 0 Å². The van der Waals surface area contributed by atoms with Gasteiger partial charge in [-0.05, 0) is 44.5 Å². The van der Waals surface area contributed by atoms with Gasteiger partial charge in [-0.25, -0.2) is 13.1 Å². The van der Waals surface area contributed by atoms with E-state index in [0.29, 0.717) is 25.3 Å². The van der Waals surface area contributed by atoms with Crippen molar-refractivity contribution in [2.24, 2.45) is 0 Å². The number of rotatable bonds is 7. The van der Waals surface area contributed by atoms with Gasteiger partial charge in [-0.15, -0.1) is 21.5 Å². The fraction of sp³-hybridized carbons (Fsp3) is 0.429. The van der Waals surface area contributed by atoms with E-state index >= 15 is 0 Å². The van der Waals surface area contributed by atoms with Crippen molar-refractivity contribution in [1.82, 2.24) is 14.9 Å². The van der Waals surface area contributed by atoms with Crippen molar-refractivity contribution in [3.63, 3.8) is 0 Å². The highest BCUT2D eigenvalue weighted by Gasteiger charge is 2.15. The van der Waals surface area contributed by atoms with E-state index in [1.54, 1.807) is 18.2 Å². The van der Waals surface area contributed by atoms with Crippen LogP contribution >= 0.6 is 11.3 Å². The zero-order chi connectivity index (χ0) is 16.2. The second-order valence-electron chi connectivity index (χ2n) is 4.72. The fourth-order valence-corrected chi connectivity index (χ4v) is 3.75. The predicted molar refractivity (Wildman–Crippen MR) is 85.9 cm³/mol. The van der Waals surface area contributed by atoms with Crippen molar-refractivity contribution < 1.29 is 13.2 Å². The van der Waals surface area contributed by atoms with Crippen LogP contribution in [-0.4, -0.2) is 31.8 Å². The highest BCUT2D eigenvalue weighted by molar-refractivity contribution is 7.89. The standard InChI is InChI=1S/C14H19N3O3S2/c1-4-20-13-6-5-12(9-10(13)2)22(18,19)15-8-7-14-17-16-11(3)21-14/h5-6,9,15H,4,7-8H2,1-3H3. The van der Waals surface area contributed by atoms with E-state index in [1.165, 1.54) is 11.3 Å². The highest BCUT2D eigenvalue weighted by atomic mass is 32.2. The summed E-state index contributed by atoms with van der Waals surface area (Å²) in [6, 6.07) is 4.85. The molecule has 2 rings (SSSR count). The molecule has 22 heavy (non-hydrogen) atoms. The van der Waals surface area contributed by atoms with Gasteiger partial charge in [-0.3, -0.25) is 0 Å². The molecule has 0 spiro atoms. The highest BCUT2D eigenvalue weighted by Crippen LogP contribution is 2.21. The summed E-state index contributed by atoms with van der Waals surface area (Å²) in [4.78, 5) is 0.238. The Morgan fingerprint density at radius 2 is 2.05 bits per heavy atom. The summed E-state index contributed by atoms with van der Waals surface area (Å²) in [6.07, 6.45) is 0.529. The van der Waals surface area contributed by atoms with Crippen LogP contribution in [0.4, 0.5) is 0 Å². The molecule has 1 aromatic carbocycles. The van der Waals surface area contributed by atoms with Gasteiger partial charge < -0.3 is 4.74 Å². The summed E-state index contributed by atoms with van der Waals surface area (Å²) in [5.74, 6) is 0.700. The van der Waals surface area contributed by atoms with Crippen LogP contribution < -0.4 is 9.46 Å². The largest absolute Gasteiger partial charge is 0.494 e. The van der Waals surface area contributed by atoms with Gasteiger partial charge in [0.2, 0.25) is 10.0 Å². The molecule has 0 amide bonds. The number of nitrogens with zero attached hydrogens (tertiary/aromatic N) is 2. The second kappa shape index (κ2) is 7.17. The van der Waals surface area contributed by atoms with Crippen molar-refractivity contribution in [2.45, 2.75) is 32.1 Å². The van der Waals surface area contributed by atoms with Crippen molar-refractivity contribution in [3.05, 3.63) is 33.8 Å². The average Bonchev–Trinajstić information content (AvgIpc) is 2.86. The van der Waals surface area contributed by atoms with Crippen LogP contribution in [-0.2, 0) is 16.4 Å². The van der Waals surface area contributed by atoms with E-state index in [4.69, 9.17) is 4.74 Å². The molecule has 0 aliphatic carbocycles. The Labute approximate surface area is 134 Å². The summed E-state index contributed by atoms with van der Waals surface area (Å²) >= 11 is 1.47.